The van der Waals surface area contributed by atoms with Gasteiger partial charge in [0.25, 0.3) is 0 Å². The van der Waals surface area contributed by atoms with Gasteiger partial charge in [0.2, 0.25) is 0 Å². The molecule has 1 aliphatic heterocycles. The number of carbonyl (C=O) groups is 1. The molecule has 1 aromatic carbocycles. The highest BCUT2D eigenvalue weighted by molar-refractivity contribution is 5.68. The highest BCUT2D eigenvalue weighted by atomic mass is 16.6. The van der Waals surface area contributed by atoms with E-state index in [2.05, 4.69) is 29.7 Å². The molecule has 2 rings (SSSR count). The topological polar surface area (TPSA) is 50.4 Å². The molecular formula is C16H24N2O2. The number of rotatable bonds is 2. The van der Waals surface area contributed by atoms with E-state index in [0.717, 1.165) is 13.0 Å². The van der Waals surface area contributed by atoms with Gasteiger partial charge in [0.15, 0.2) is 0 Å². The molecule has 0 unspecified atom stereocenters. The van der Waals surface area contributed by atoms with Crippen LogP contribution in [0.25, 0.3) is 0 Å². The number of hydrogen-bond donors (Lipinski definition) is 2. The molecule has 110 valence electrons. The Morgan fingerprint density at radius 3 is 2.70 bits per heavy atom. The van der Waals surface area contributed by atoms with Crippen molar-refractivity contribution < 1.29 is 9.53 Å². The molecule has 20 heavy (non-hydrogen) atoms. The molecule has 0 bridgehead atoms. The van der Waals surface area contributed by atoms with E-state index in [9.17, 15) is 4.79 Å². The average molecular weight is 276 g/mol. The van der Waals surface area contributed by atoms with Crippen LogP contribution in [0.1, 0.15) is 44.4 Å². The van der Waals surface area contributed by atoms with E-state index in [1.165, 1.54) is 11.1 Å². The van der Waals surface area contributed by atoms with Crippen LogP contribution in [0, 0.1) is 6.92 Å². The van der Waals surface area contributed by atoms with Gasteiger partial charge in [-0.3, -0.25) is 0 Å². The van der Waals surface area contributed by atoms with Crippen molar-refractivity contribution in [3.05, 3.63) is 35.4 Å². The van der Waals surface area contributed by atoms with E-state index < -0.39 is 5.60 Å². The van der Waals surface area contributed by atoms with Crippen LogP contribution in [-0.2, 0) is 4.74 Å². The van der Waals surface area contributed by atoms with E-state index >= 15 is 0 Å². The zero-order chi connectivity index (χ0) is 14.8. The first-order chi connectivity index (χ1) is 9.37. The number of ether oxygens (including phenoxy) is 1. The van der Waals surface area contributed by atoms with Crippen molar-refractivity contribution in [1.82, 2.24) is 10.6 Å². The summed E-state index contributed by atoms with van der Waals surface area (Å²) >= 11 is 0. The highest BCUT2D eigenvalue weighted by Crippen LogP contribution is 2.26. The molecule has 0 aliphatic carbocycles. The summed E-state index contributed by atoms with van der Waals surface area (Å²) in [6.07, 6.45) is 0.572. The van der Waals surface area contributed by atoms with Gasteiger partial charge >= 0.3 is 6.09 Å². The van der Waals surface area contributed by atoms with E-state index in [4.69, 9.17) is 4.74 Å². The minimum absolute atomic E-state index is 0.0750. The Labute approximate surface area is 120 Å². The SMILES string of the molecule is Cc1ccccc1[C@@H]1NCC[C@@H]1NC(=O)OC(C)(C)C. The zero-order valence-corrected chi connectivity index (χ0v) is 12.7. The summed E-state index contributed by atoms with van der Waals surface area (Å²) in [4.78, 5) is 11.9. The number of benzene rings is 1. The Hall–Kier alpha value is -1.55. The lowest BCUT2D eigenvalue weighted by Crippen LogP contribution is -2.41. The molecule has 1 saturated heterocycles. The molecule has 0 aromatic heterocycles. The molecule has 1 aromatic rings. The van der Waals surface area contributed by atoms with E-state index in [-0.39, 0.29) is 18.2 Å². The second-order valence-corrected chi connectivity index (χ2v) is 6.33. The van der Waals surface area contributed by atoms with E-state index in [1.54, 1.807) is 0 Å². The van der Waals surface area contributed by atoms with Gasteiger partial charge in [-0.1, -0.05) is 24.3 Å². The fourth-order valence-electron chi connectivity index (χ4n) is 2.58. The van der Waals surface area contributed by atoms with Crippen molar-refractivity contribution in [3.63, 3.8) is 0 Å². The van der Waals surface area contributed by atoms with Crippen LogP contribution in [-0.4, -0.2) is 24.3 Å². The lowest BCUT2D eigenvalue weighted by molar-refractivity contribution is 0.0500. The van der Waals surface area contributed by atoms with Crippen molar-refractivity contribution in [2.24, 2.45) is 0 Å². The van der Waals surface area contributed by atoms with E-state index in [1.807, 2.05) is 32.9 Å². The Balaban J connectivity index is 2.05. The van der Waals surface area contributed by atoms with Crippen molar-refractivity contribution in [2.45, 2.75) is 51.8 Å². The first kappa shape index (κ1) is 14.9. The molecule has 0 radical (unpaired) electrons. The Bertz CT molecular complexity index is 480. The molecule has 1 heterocycles. The van der Waals surface area contributed by atoms with Crippen molar-refractivity contribution >= 4 is 6.09 Å². The molecule has 1 amide bonds. The van der Waals surface area contributed by atoms with Crippen molar-refractivity contribution in [1.29, 1.82) is 0 Å². The van der Waals surface area contributed by atoms with Gasteiger partial charge < -0.3 is 15.4 Å². The number of amides is 1. The second-order valence-electron chi connectivity index (χ2n) is 6.33. The predicted molar refractivity (Wildman–Crippen MR) is 79.7 cm³/mol. The van der Waals surface area contributed by atoms with Crippen molar-refractivity contribution in [3.8, 4) is 0 Å². The minimum atomic E-state index is -0.464. The van der Waals surface area contributed by atoms with Gasteiger partial charge in [-0.15, -0.1) is 0 Å². The standard InChI is InChI=1S/C16H24N2O2/c1-11-7-5-6-8-12(11)14-13(9-10-17-14)18-15(19)20-16(2,3)4/h5-8,13-14,17H,9-10H2,1-4H3,(H,18,19)/t13-,14-/m0/s1. The lowest BCUT2D eigenvalue weighted by atomic mass is 9.97. The van der Waals surface area contributed by atoms with Gasteiger partial charge in [0.05, 0.1) is 12.1 Å². The first-order valence-corrected chi connectivity index (χ1v) is 7.15. The quantitative estimate of drug-likeness (QED) is 0.873. The molecule has 1 aliphatic rings. The molecular weight excluding hydrogens is 252 g/mol. The fourth-order valence-corrected chi connectivity index (χ4v) is 2.58. The van der Waals surface area contributed by atoms with Crippen LogP contribution < -0.4 is 10.6 Å². The molecule has 0 saturated carbocycles. The second kappa shape index (κ2) is 5.83. The predicted octanol–water partition coefficient (Wildman–Crippen LogP) is 2.92. The summed E-state index contributed by atoms with van der Waals surface area (Å²) in [6, 6.07) is 8.51. The number of carbonyl (C=O) groups excluding carboxylic acids is 1. The minimum Gasteiger partial charge on any atom is -0.444 e. The molecule has 2 N–H and O–H groups in total. The van der Waals surface area contributed by atoms with Crippen molar-refractivity contribution in [2.75, 3.05) is 6.54 Å². The summed E-state index contributed by atoms with van der Waals surface area (Å²) in [7, 11) is 0. The third-order valence-corrected chi connectivity index (χ3v) is 3.45. The van der Waals surface area contributed by atoms with Gasteiger partial charge in [-0.2, -0.15) is 0 Å². The monoisotopic (exact) mass is 276 g/mol. The normalized spacial score (nSPS) is 22.6. The van der Waals surface area contributed by atoms with Crippen LogP contribution >= 0.6 is 0 Å². The molecule has 2 atom stereocenters. The molecule has 0 spiro atoms. The maximum atomic E-state index is 11.9. The largest absolute Gasteiger partial charge is 0.444 e. The zero-order valence-electron chi connectivity index (χ0n) is 12.7. The van der Waals surface area contributed by atoms with Gasteiger partial charge in [0, 0.05) is 0 Å². The maximum absolute atomic E-state index is 11.9. The van der Waals surface area contributed by atoms with Crippen LogP contribution in [0.2, 0.25) is 0 Å². The number of alkyl carbamates (subject to hydrolysis) is 1. The lowest BCUT2D eigenvalue weighted by Gasteiger charge is -2.25. The summed E-state index contributed by atoms with van der Waals surface area (Å²) < 4.78 is 5.34. The summed E-state index contributed by atoms with van der Waals surface area (Å²) in [5.74, 6) is 0. The number of hydrogen-bond acceptors (Lipinski definition) is 3. The fraction of sp³-hybridized carbons (Fsp3) is 0.562. The van der Waals surface area contributed by atoms with Crippen LogP contribution in [0.4, 0.5) is 4.79 Å². The summed E-state index contributed by atoms with van der Waals surface area (Å²) in [6.45, 7) is 8.62. The summed E-state index contributed by atoms with van der Waals surface area (Å²) in [5.41, 5.74) is 2.02. The molecule has 4 nitrogen and oxygen atoms in total. The van der Waals surface area contributed by atoms with Gasteiger partial charge in [-0.05, 0) is 51.8 Å². The Morgan fingerprint density at radius 2 is 2.05 bits per heavy atom. The Kier molecular flexibility index (Phi) is 4.33. The van der Waals surface area contributed by atoms with E-state index in [0.29, 0.717) is 0 Å². The number of aryl methyl sites for hydroxylation is 1. The third-order valence-electron chi connectivity index (χ3n) is 3.45. The van der Waals surface area contributed by atoms with Gasteiger partial charge in [0.1, 0.15) is 5.60 Å². The maximum Gasteiger partial charge on any atom is 0.407 e. The smallest absolute Gasteiger partial charge is 0.407 e. The van der Waals surface area contributed by atoms with Crippen LogP contribution in [0.15, 0.2) is 24.3 Å². The first-order valence-electron chi connectivity index (χ1n) is 7.15. The average Bonchev–Trinajstić information content (AvgIpc) is 2.75. The summed E-state index contributed by atoms with van der Waals surface area (Å²) in [5, 5.41) is 6.45. The Morgan fingerprint density at radius 1 is 1.35 bits per heavy atom. The van der Waals surface area contributed by atoms with Crippen LogP contribution in [0.5, 0.6) is 0 Å². The van der Waals surface area contributed by atoms with Crippen LogP contribution in [0.3, 0.4) is 0 Å². The third kappa shape index (κ3) is 3.73. The highest BCUT2D eigenvalue weighted by Gasteiger charge is 2.31. The van der Waals surface area contributed by atoms with Gasteiger partial charge in [-0.25, -0.2) is 4.79 Å². The number of nitrogens with one attached hydrogen (secondary N) is 2. The molecule has 4 heteroatoms. The molecule has 1 fully saturated rings.